The summed E-state index contributed by atoms with van der Waals surface area (Å²) in [6.45, 7) is 0. The summed E-state index contributed by atoms with van der Waals surface area (Å²) in [4.78, 5) is 21.0. The highest BCUT2D eigenvalue weighted by molar-refractivity contribution is 7.88. The van der Waals surface area contributed by atoms with Gasteiger partial charge in [-0.15, -0.1) is 0 Å². The summed E-state index contributed by atoms with van der Waals surface area (Å²) in [5, 5.41) is 11.6. The predicted octanol–water partition coefficient (Wildman–Crippen LogP) is 1.39. The number of hydrogen-bond acceptors (Lipinski definition) is 5. The molecule has 0 N–H and O–H groups in total. The van der Waals surface area contributed by atoms with E-state index in [4.69, 9.17) is 0 Å². The van der Waals surface area contributed by atoms with Crippen molar-refractivity contribution in [3.05, 3.63) is 45.9 Å². The van der Waals surface area contributed by atoms with Gasteiger partial charge in [-0.25, -0.2) is 9.00 Å². The number of rotatable bonds is 4. The molecule has 0 saturated heterocycles. The lowest BCUT2D eigenvalue weighted by atomic mass is 10.3. The zero-order valence-electron chi connectivity index (χ0n) is 8.86. The van der Waals surface area contributed by atoms with Crippen molar-refractivity contribution in [2.45, 2.75) is 4.90 Å². The van der Waals surface area contributed by atoms with Crippen molar-refractivity contribution >= 4 is 22.5 Å². The molecule has 7 heteroatoms. The van der Waals surface area contributed by atoms with Crippen LogP contribution in [0.2, 0.25) is 0 Å². The normalized spacial score (nSPS) is 12.3. The zero-order chi connectivity index (χ0) is 12.8. The summed E-state index contributed by atoms with van der Waals surface area (Å²) in [5.41, 5.74) is -0.0808. The molecule has 0 aromatic heterocycles. The molecule has 0 saturated carbocycles. The van der Waals surface area contributed by atoms with Gasteiger partial charge in [0, 0.05) is 28.5 Å². The highest BCUT2D eigenvalue weighted by Gasteiger charge is 2.06. The second kappa shape index (κ2) is 5.90. The summed E-state index contributed by atoms with van der Waals surface area (Å²) in [6, 6.07) is 5.24. The van der Waals surface area contributed by atoms with Gasteiger partial charge in [0.2, 0.25) is 0 Å². The number of esters is 1. The Balaban J connectivity index is 2.80. The van der Waals surface area contributed by atoms with Gasteiger partial charge in [0.1, 0.15) is 0 Å². The molecule has 1 rings (SSSR count). The molecule has 0 radical (unpaired) electrons. The maximum Gasteiger partial charge on any atom is 0.331 e. The lowest BCUT2D eigenvalue weighted by Crippen LogP contribution is -1.95. The predicted molar refractivity (Wildman–Crippen MR) is 60.7 cm³/mol. The smallest absolute Gasteiger partial charge is 0.331 e. The first-order chi connectivity index (χ1) is 8.04. The molecular weight excluding hydrogens is 246 g/mol. The molecule has 0 amide bonds. The number of carbonyl (C=O) groups excluding carboxylic acids is 1. The molecule has 1 aromatic carbocycles. The molecule has 0 aliphatic heterocycles. The monoisotopic (exact) mass is 255 g/mol. The summed E-state index contributed by atoms with van der Waals surface area (Å²) in [7, 11) is -0.321. The van der Waals surface area contributed by atoms with Gasteiger partial charge in [-0.1, -0.05) is 0 Å². The van der Waals surface area contributed by atoms with Crippen LogP contribution in [0.1, 0.15) is 0 Å². The third-order valence-electron chi connectivity index (χ3n) is 1.81. The van der Waals surface area contributed by atoms with Crippen LogP contribution in [0.3, 0.4) is 0 Å². The summed E-state index contributed by atoms with van der Waals surface area (Å²) >= 11 is 0. The van der Waals surface area contributed by atoms with Crippen LogP contribution in [-0.2, 0) is 20.3 Å². The van der Waals surface area contributed by atoms with E-state index in [1.807, 2.05) is 0 Å². The Labute approximate surface area is 99.5 Å². The van der Waals surface area contributed by atoms with Gasteiger partial charge in [0.25, 0.3) is 5.69 Å². The molecule has 0 aliphatic carbocycles. The zero-order valence-corrected chi connectivity index (χ0v) is 9.68. The minimum Gasteiger partial charge on any atom is -0.466 e. The van der Waals surface area contributed by atoms with Gasteiger partial charge in [0.05, 0.1) is 22.8 Å². The SMILES string of the molecule is COC(=O)/C=C/S(=O)c1ccc([N+](=O)[O-])cc1. The highest BCUT2D eigenvalue weighted by atomic mass is 32.2. The van der Waals surface area contributed by atoms with E-state index in [0.29, 0.717) is 4.90 Å². The molecule has 1 atom stereocenters. The Bertz CT molecular complexity index is 480. The summed E-state index contributed by atoms with van der Waals surface area (Å²) in [5.74, 6) is -0.611. The third-order valence-corrected chi connectivity index (χ3v) is 2.93. The average molecular weight is 255 g/mol. The standard InChI is InChI=1S/C10H9NO5S/c1-16-10(12)6-7-17(15)9-4-2-8(3-5-9)11(13)14/h2-7H,1H3/b7-6+. The molecular formula is C10H9NO5S. The Kier molecular flexibility index (Phi) is 4.53. The lowest BCUT2D eigenvalue weighted by molar-refractivity contribution is -0.384. The number of benzene rings is 1. The van der Waals surface area contributed by atoms with Crippen LogP contribution in [0.5, 0.6) is 0 Å². The van der Waals surface area contributed by atoms with E-state index in [1.165, 1.54) is 31.4 Å². The van der Waals surface area contributed by atoms with Crippen molar-refractivity contribution in [1.29, 1.82) is 0 Å². The van der Waals surface area contributed by atoms with Crippen LogP contribution < -0.4 is 0 Å². The van der Waals surface area contributed by atoms with Gasteiger partial charge < -0.3 is 4.74 Å². The summed E-state index contributed by atoms with van der Waals surface area (Å²) < 4.78 is 15.9. The van der Waals surface area contributed by atoms with Crippen LogP contribution in [-0.4, -0.2) is 22.2 Å². The first-order valence-corrected chi connectivity index (χ1v) is 5.67. The van der Waals surface area contributed by atoms with E-state index in [9.17, 15) is 19.1 Å². The second-order valence-electron chi connectivity index (χ2n) is 2.87. The minimum absolute atomic E-state index is 0.0808. The second-order valence-corrected chi connectivity index (χ2v) is 4.21. The summed E-state index contributed by atoms with van der Waals surface area (Å²) in [6.07, 6.45) is 1.04. The maximum absolute atomic E-state index is 11.6. The minimum atomic E-state index is -1.53. The molecule has 0 spiro atoms. The molecule has 6 nitrogen and oxygen atoms in total. The molecule has 0 heterocycles. The molecule has 90 valence electrons. The molecule has 1 unspecified atom stereocenters. The first kappa shape index (κ1) is 13.0. The molecule has 1 aromatic rings. The maximum atomic E-state index is 11.6. The van der Waals surface area contributed by atoms with Crippen LogP contribution in [0, 0.1) is 10.1 Å². The lowest BCUT2D eigenvalue weighted by Gasteiger charge is -1.96. The van der Waals surface area contributed by atoms with Crippen molar-refractivity contribution in [3.63, 3.8) is 0 Å². The number of hydrogen-bond donors (Lipinski definition) is 0. The molecule has 17 heavy (non-hydrogen) atoms. The number of carbonyl (C=O) groups is 1. The van der Waals surface area contributed by atoms with E-state index in [2.05, 4.69) is 4.74 Å². The van der Waals surface area contributed by atoms with Crippen molar-refractivity contribution in [2.24, 2.45) is 0 Å². The van der Waals surface area contributed by atoms with Crippen LogP contribution >= 0.6 is 0 Å². The largest absolute Gasteiger partial charge is 0.466 e. The van der Waals surface area contributed by atoms with Crippen LogP contribution in [0.25, 0.3) is 0 Å². The average Bonchev–Trinajstić information content (AvgIpc) is 2.35. The van der Waals surface area contributed by atoms with Gasteiger partial charge >= 0.3 is 5.97 Å². The fourth-order valence-corrected chi connectivity index (χ4v) is 1.76. The van der Waals surface area contributed by atoms with Gasteiger partial charge in [-0.05, 0) is 12.1 Å². The van der Waals surface area contributed by atoms with Crippen molar-refractivity contribution < 1.29 is 18.7 Å². The van der Waals surface area contributed by atoms with E-state index in [1.54, 1.807) is 0 Å². The van der Waals surface area contributed by atoms with Gasteiger partial charge in [-0.2, -0.15) is 0 Å². The number of methoxy groups -OCH3 is 1. The van der Waals surface area contributed by atoms with E-state index in [-0.39, 0.29) is 5.69 Å². The van der Waals surface area contributed by atoms with Crippen LogP contribution in [0.15, 0.2) is 40.6 Å². The van der Waals surface area contributed by atoms with E-state index in [0.717, 1.165) is 11.5 Å². The Morgan fingerprint density at radius 1 is 1.41 bits per heavy atom. The number of nitrogens with zero attached hydrogens (tertiary/aromatic N) is 1. The number of nitro groups is 1. The number of non-ortho nitro benzene ring substituents is 1. The van der Waals surface area contributed by atoms with Crippen LogP contribution in [0.4, 0.5) is 5.69 Å². The van der Waals surface area contributed by atoms with Crippen molar-refractivity contribution in [2.75, 3.05) is 7.11 Å². The third kappa shape index (κ3) is 3.80. The van der Waals surface area contributed by atoms with Crippen molar-refractivity contribution in [1.82, 2.24) is 0 Å². The van der Waals surface area contributed by atoms with Gasteiger partial charge in [-0.3, -0.25) is 10.1 Å². The molecule has 0 bridgehead atoms. The Hall–Kier alpha value is -2.02. The Morgan fingerprint density at radius 3 is 2.47 bits per heavy atom. The van der Waals surface area contributed by atoms with Crippen molar-refractivity contribution in [3.8, 4) is 0 Å². The number of nitro benzene ring substituents is 1. The fraction of sp³-hybridized carbons (Fsp3) is 0.100. The number of ether oxygens (including phenoxy) is 1. The Morgan fingerprint density at radius 2 is 2.00 bits per heavy atom. The quantitative estimate of drug-likeness (QED) is 0.351. The highest BCUT2D eigenvalue weighted by Crippen LogP contribution is 2.15. The van der Waals surface area contributed by atoms with E-state index < -0.39 is 21.7 Å². The van der Waals surface area contributed by atoms with E-state index >= 15 is 0 Å². The fourth-order valence-electron chi connectivity index (χ4n) is 0.966. The first-order valence-electron chi connectivity index (χ1n) is 4.46. The topological polar surface area (TPSA) is 86.5 Å². The molecule has 0 fully saturated rings. The van der Waals surface area contributed by atoms with Gasteiger partial charge in [0.15, 0.2) is 0 Å². The molecule has 0 aliphatic rings.